The van der Waals surface area contributed by atoms with E-state index < -0.39 is 5.97 Å². The molecule has 1 fully saturated rings. The van der Waals surface area contributed by atoms with Crippen LogP contribution < -0.4 is 4.74 Å². The maximum absolute atomic E-state index is 11.3. The molecule has 0 aliphatic heterocycles. The number of carbonyl (C=O) groups is 1. The van der Waals surface area contributed by atoms with Crippen molar-refractivity contribution < 1.29 is 14.6 Å². The number of benzene rings is 1. The van der Waals surface area contributed by atoms with Crippen molar-refractivity contribution in [3.8, 4) is 16.3 Å². The molecule has 0 atom stereocenters. The van der Waals surface area contributed by atoms with Gasteiger partial charge in [-0.3, -0.25) is 0 Å². The van der Waals surface area contributed by atoms with E-state index in [2.05, 4.69) is 4.98 Å². The predicted molar refractivity (Wildman–Crippen MR) is 73.0 cm³/mol. The van der Waals surface area contributed by atoms with Crippen LogP contribution in [0.1, 0.15) is 34.1 Å². The van der Waals surface area contributed by atoms with Crippen LogP contribution in [-0.4, -0.2) is 23.2 Å². The smallest absolute Gasteiger partial charge is 0.347 e. The van der Waals surface area contributed by atoms with Crippen LogP contribution in [0.25, 0.3) is 10.6 Å². The lowest BCUT2D eigenvalue weighted by Crippen LogP contribution is -1.97. The molecule has 4 nitrogen and oxygen atoms in total. The first-order chi connectivity index (χ1) is 9.19. The van der Waals surface area contributed by atoms with Crippen LogP contribution in [0.3, 0.4) is 0 Å². The molecule has 2 aromatic rings. The zero-order chi connectivity index (χ0) is 13.4. The van der Waals surface area contributed by atoms with Gasteiger partial charge in [0.05, 0.1) is 12.8 Å². The molecule has 19 heavy (non-hydrogen) atoms. The van der Waals surface area contributed by atoms with E-state index in [9.17, 15) is 9.90 Å². The van der Waals surface area contributed by atoms with Crippen LogP contribution in [-0.2, 0) is 0 Å². The van der Waals surface area contributed by atoms with Gasteiger partial charge in [-0.2, -0.15) is 0 Å². The van der Waals surface area contributed by atoms with Crippen molar-refractivity contribution in [2.24, 2.45) is 0 Å². The zero-order valence-electron chi connectivity index (χ0n) is 10.4. The molecule has 3 rings (SSSR count). The third-order valence-corrected chi connectivity index (χ3v) is 4.24. The van der Waals surface area contributed by atoms with Crippen molar-refractivity contribution in [1.29, 1.82) is 0 Å². The van der Waals surface area contributed by atoms with Gasteiger partial charge in [0, 0.05) is 11.5 Å². The Labute approximate surface area is 114 Å². The maximum Gasteiger partial charge on any atom is 0.347 e. The molecule has 98 valence electrons. The number of hydrogen-bond donors (Lipinski definition) is 1. The molecule has 1 aliphatic rings. The first-order valence-electron chi connectivity index (χ1n) is 6.07. The van der Waals surface area contributed by atoms with Gasteiger partial charge in [-0.05, 0) is 25.0 Å². The number of hydrogen-bond acceptors (Lipinski definition) is 4. The molecule has 1 aliphatic carbocycles. The van der Waals surface area contributed by atoms with Gasteiger partial charge in [-0.1, -0.05) is 12.1 Å². The van der Waals surface area contributed by atoms with Crippen LogP contribution in [0.4, 0.5) is 0 Å². The van der Waals surface area contributed by atoms with E-state index in [4.69, 9.17) is 4.74 Å². The summed E-state index contributed by atoms with van der Waals surface area (Å²) in [7, 11) is 1.61. The second-order valence-corrected chi connectivity index (χ2v) is 5.54. The summed E-state index contributed by atoms with van der Waals surface area (Å²) >= 11 is 1.24. The first-order valence-corrected chi connectivity index (χ1v) is 6.89. The van der Waals surface area contributed by atoms with E-state index >= 15 is 0 Å². The fourth-order valence-electron chi connectivity index (χ4n) is 2.00. The number of ether oxygens (including phenoxy) is 1. The summed E-state index contributed by atoms with van der Waals surface area (Å²) < 4.78 is 5.18. The van der Waals surface area contributed by atoms with Gasteiger partial charge in [0.2, 0.25) is 0 Å². The third-order valence-electron chi connectivity index (χ3n) is 3.13. The SMILES string of the molecule is COc1cccc(-c2nc(C3CC3)c(C(=O)O)s2)c1. The molecule has 0 spiro atoms. The molecule has 5 heteroatoms. The summed E-state index contributed by atoms with van der Waals surface area (Å²) in [5.41, 5.74) is 1.65. The highest BCUT2D eigenvalue weighted by Crippen LogP contribution is 2.44. The van der Waals surface area contributed by atoms with Crippen LogP contribution >= 0.6 is 11.3 Å². The van der Waals surface area contributed by atoms with Crippen LogP contribution in [0.15, 0.2) is 24.3 Å². The fraction of sp³-hybridized carbons (Fsp3) is 0.286. The number of thiazole rings is 1. The normalized spacial score (nSPS) is 14.4. The fourth-order valence-corrected chi connectivity index (χ4v) is 2.98. The molecule has 0 bridgehead atoms. The van der Waals surface area contributed by atoms with Crippen molar-refractivity contribution in [3.05, 3.63) is 34.8 Å². The number of methoxy groups -OCH3 is 1. The van der Waals surface area contributed by atoms with Gasteiger partial charge in [-0.25, -0.2) is 9.78 Å². The van der Waals surface area contributed by atoms with Crippen molar-refractivity contribution in [2.45, 2.75) is 18.8 Å². The Bertz CT molecular complexity index is 631. The van der Waals surface area contributed by atoms with E-state index in [0.717, 1.165) is 34.9 Å². The molecule has 1 aromatic carbocycles. The summed E-state index contributed by atoms with van der Waals surface area (Å²) in [6.07, 6.45) is 2.09. The molecular formula is C14H13NO3S. The molecule has 0 saturated heterocycles. The Kier molecular flexibility index (Phi) is 2.98. The van der Waals surface area contributed by atoms with Gasteiger partial charge in [0.25, 0.3) is 0 Å². The second-order valence-electron chi connectivity index (χ2n) is 4.54. The van der Waals surface area contributed by atoms with E-state index in [0.29, 0.717) is 10.8 Å². The highest BCUT2D eigenvalue weighted by molar-refractivity contribution is 7.17. The Balaban J connectivity index is 2.04. The van der Waals surface area contributed by atoms with Crippen molar-refractivity contribution >= 4 is 17.3 Å². The number of rotatable bonds is 4. The Morgan fingerprint density at radius 3 is 2.89 bits per heavy atom. The van der Waals surface area contributed by atoms with E-state index in [1.807, 2.05) is 24.3 Å². The predicted octanol–water partition coefficient (Wildman–Crippen LogP) is 3.39. The van der Waals surface area contributed by atoms with Gasteiger partial charge >= 0.3 is 5.97 Å². The maximum atomic E-state index is 11.3. The highest BCUT2D eigenvalue weighted by atomic mass is 32.1. The Morgan fingerprint density at radius 2 is 2.26 bits per heavy atom. The minimum Gasteiger partial charge on any atom is -0.497 e. The first kappa shape index (κ1) is 12.2. The van der Waals surface area contributed by atoms with Gasteiger partial charge in [0.1, 0.15) is 15.6 Å². The van der Waals surface area contributed by atoms with E-state index in [1.54, 1.807) is 7.11 Å². The van der Waals surface area contributed by atoms with Crippen molar-refractivity contribution in [1.82, 2.24) is 4.98 Å². The van der Waals surface area contributed by atoms with Crippen molar-refractivity contribution in [3.63, 3.8) is 0 Å². The molecular weight excluding hydrogens is 262 g/mol. The molecule has 1 aromatic heterocycles. The molecule has 1 N–H and O–H groups in total. The standard InChI is InChI=1S/C14H13NO3S/c1-18-10-4-2-3-9(7-10)13-15-11(8-5-6-8)12(19-13)14(16)17/h2-4,7-8H,5-6H2,1H3,(H,16,17). The minimum absolute atomic E-state index is 0.335. The lowest BCUT2D eigenvalue weighted by atomic mass is 10.2. The van der Waals surface area contributed by atoms with Gasteiger partial charge in [-0.15, -0.1) is 11.3 Å². The summed E-state index contributed by atoms with van der Waals surface area (Å²) in [5, 5.41) is 10.00. The molecule has 0 unspecified atom stereocenters. The van der Waals surface area contributed by atoms with Crippen LogP contribution in [0.2, 0.25) is 0 Å². The molecule has 1 saturated carbocycles. The van der Waals surface area contributed by atoms with Crippen LogP contribution in [0, 0.1) is 0 Å². The minimum atomic E-state index is -0.881. The number of carboxylic acid groups (broad SMARTS) is 1. The highest BCUT2D eigenvalue weighted by Gasteiger charge is 2.32. The van der Waals surface area contributed by atoms with Crippen LogP contribution in [0.5, 0.6) is 5.75 Å². The summed E-state index contributed by atoms with van der Waals surface area (Å²) in [4.78, 5) is 16.2. The number of aromatic carboxylic acids is 1. The lowest BCUT2D eigenvalue weighted by molar-refractivity contribution is 0.0700. The Hall–Kier alpha value is -1.88. The Morgan fingerprint density at radius 1 is 1.47 bits per heavy atom. The zero-order valence-corrected chi connectivity index (χ0v) is 11.2. The van der Waals surface area contributed by atoms with Gasteiger partial charge in [0.15, 0.2) is 0 Å². The average Bonchev–Trinajstić information content (AvgIpc) is 3.17. The lowest BCUT2D eigenvalue weighted by Gasteiger charge is -2.01. The summed E-state index contributed by atoms with van der Waals surface area (Å²) in [5.74, 6) is 0.202. The molecule has 0 amide bonds. The van der Waals surface area contributed by atoms with E-state index in [-0.39, 0.29) is 0 Å². The molecule has 1 heterocycles. The number of aromatic nitrogens is 1. The summed E-state index contributed by atoms with van der Waals surface area (Å²) in [6, 6.07) is 7.54. The second kappa shape index (κ2) is 4.66. The quantitative estimate of drug-likeness (QED) is 0.929. The number of nitrogens with zero attached hydrogens (tertiary/aromatic N) is 1. The average molecular weight is 275 g/mol. The van der Waals surface area contributed by atoms with Crippen molar-refractivity contribution in [2.75, 3.05) is 7.11 Å². The topological polar surface area (TPSA) is 59.4 Å². The van der Waals surface area contributed by atoms with E-state index in [1.165, 1.54) is 11.3 Å². The number of carboxylic acids is 1. The monoisotopic (exact) mass is 275 g/mol. The largest absolute Gasteiger partial charge is 0.497 e. The third kappa shape index (κ3) is 2.33. The molecule has 0 radical (unpaired) electrons. The van der Waals surface area contributed by atoms with Gasteiger partial charge < -0.3 is 9.84 Å². The summed E-state index contributed by atoms with van der Waals surface area (Å²) in [6.45, 7) is 0.